The summed E-state index contributed by atoms with van der Waals surface area (Å²) in [7, 11) is -2.11. The molecule has 1 fully saturated rings. The molecule has 1 aliphatic heterocycles. The van der Waals surface area contributed by atoms with Crippen molar-refractivity contribution in [3.05, 3.63) is 4.60 Å². The first kappa shape index (κ1) is 14.3. The lowest BCUT2D eigenvalue weighted by atomic mass is 10.1. The summed E-state index contributed by atoms with van der Waals surface area (Å²) in [4.78, 5) is 13.8. The second-order valence-corrected chi connectivity index (χ2v) is 6.77. The van der Waals surface area contributed by atoms with E-state index in [-0.39, 0.29) is 15.7 Å². The minimum Gasteiger partial charge on any atom is -0.235 e. The summed E-state index contributed by atoms with van der Waals surface area (Å²) in [5.41, 5.74) is 0. The molecule has 19 heavy (non-hydrogen) atoms. The van der Waals surface area contributed by atoms with Gasteiger partial charge in [0.05, 0.1) is 6.04 Å². The highest BCUT2D eigenvalue weighted by Crippen LogP contribution is 2.25. The highest BCUT2D eigenvalue weighted by Gasteiger charge is 2.33. The van der Waals surface area contributed by atoms with Gasteiger partial charge in [0.25, 0.3) is 10.0 Å². The zero-order chi connectivity index (χ0) is 14.0. The first-order valence-corrected chi connectivity index (χ1v) is 7.82. The lowest BCUT2D eigenvalue weighted by Crippen LogP contribution is -2.40. The summed E-state index contributed by atoms with van der Waals surface area (Å²) in [6.45, 7) is 0.631. The first-order valence-electron chi connectivity index (χ1n) is 5.59. The molecule has 0 amide bonds. The summed E-state index contributed by atoms with van der Waals surface area (Å²) in [5.74, 6) is 0. The number of halogens is 1. The number of aromatic nitrogens is 3. The molecule has 104 valence electrons. The Bertz CT molecular complexity index is 594. The molecular weight excluding hydrogens is 338 g/mol. The molecule has 1 aromatic heterocycles. The maximum atomic E-state index is 12.4. The van der Waals surface area contributed by atoms with Crippen LogP contribution < -0.4 is 0 Å². The number of aryl methyl sites for hydroxylation is 1. The molecule has 0 atom stereocenters. The summed E-state index contributed by atoms with van der Waals surface area (Å²) < 4.78 is 27.7. The van der Waals surface area contributed by atoms with Crippen molar-refractivity contribution in [1.29, 1.82) is 0 Å². The van der Waals surface area contributed by atoms with Gasteiger partial charge in [0.1, 0.15) is 0 Å². The molecule has 0 aromatic carbocycles. The zero-order valence-electron chi connectivity index (χ0n) is 10.2. The van der Waals surface area contributed by atoms with E-state index in [1.807, 2.05) is 0 Å². The van der Waals surface area contributed by atoms with E-state index in [0.717, 1.165) is 0 Å². The van der Waals surface area contributed by atoms with Crippen molar-refractivity contribution in [2.45, 2.75) is 23.9 Å². The Balaban J connectivity index is 2.21. The molecule has 0 radical (unpaired) electrons. The summed E-state index contributed by atoms with van der Waals surface area (Å²) >= 11 is 3.09. The molecule has 0 bridgehead atoms. The van der Waals surface area contributed by atoms with Gasteiger partial charge in [-0.1, -0.05) is 5.21 Å². The van der Waals surface area contributed by atoms with Crippen LogP contribution in [0.25, 0.3) is 0 Å². The smallest absolute Gasteiger partial charge is 0.235 e. The fourth-order valence-electron chi connectivity index (χ4n) is 2.01. The van der Waals surface area contributed by atoms with Gasteiger partial charge in [-0.3, -0.25) is 0 Å². The Morgan fingerprint density at radius 3 is 2.53 bits per heavy atom. The maximum absolute atomic E-state index is 12.4. The number of rotatable bonds is 3. The van der Waals surface area contributed by atoms with Gasteiger partial charge in [0.15, 0.2) is 4.60 Å². The average molecular weight is 350 g/mol. The lowest BCUT2D eigenvalue weighted by Gasteiger charge is -2.28. The predicted molar refractivity (Wildman–Crippen MR) is 68.6 cm³/mol. The number of sulfonamides is 1. The van der Waals surface area contributed by atoms with E-state index in [2.05, 4.69) is 31.2 Å². The second kappa shape index (κ2) is 5.49. The van der Waals surface area contributed by atoms with Crippen LogP contribution in [0, 0.1) is 0 Å². The van der Waals surface area contributed by atoms with Gasteiger partial charge < -0.3 is 0 Å². The van der Waals surface area contributed by atoms with E-state index in [0.29, 0.717) is 25.9 Å². The highest BCUT2D eigenvalue weighted by atomic mass is 79.9. The van der Waals surface area contributed by atoms with Crippen LogP contribution in [-0.4, -0.2) is 52.9 Å². The van der Waals surface area contributed by atoms with E-state index in [1.54, 1.807) is 0 Å². The summed E-state index contributed by atoms with van der Waals surface area (Å²) in [5, 5.41) is 7.37. The van der Waals surface area contributed by atoms with Crippen LogP contribution in [-0.2, 0) is 21.9 Å². The van der Waals surface area contributed by atoms with Gasteiger partial charge in [-0.15, -0.1) is 5.10 Å². The van der Waals surface area contributed by atoms with E-state index in [1.165, 1.54) is 22.1 Å². The first-order chi connectivity index (χ1) is 8.96. The van der Waals surface area contributed by atoms with Crippen molar-refractivity contribution in [3.63, 3.8) is 0 Å². The van der Waals surface area contributed by atoms with E-state index in [4.69, 9.17) is 0 Å². The molecule has 1 aromatic rings. The topological polar surface area (TPSA) is 97.5 Å². The Morgan fingerprint density at radius 1 is 1.42 bits per heavy atom. The Morgan fingerprint density at radius 2 is 2.05 bits per heavy atom. The summed E-state index contributed by atoms with van der Waals surface area (Å²) in [6, 6.07) is -0.142. The van der Waals surface area contributed by atoms with Crippen LogP contribution in [0.3, 0.4) is 0 Å². The Kier molecular flexibility index (Phi) is 4.14. The number of aliphatic imine (C=N–C) groups is 1. The molecule has 0 aliphatic carbocycles. The summed E-state index contributed by atoms with van der Waals surface area (Å²) in [6.07, 6.45) is 2.53. The van der Waals surface area contributed by atoms with Gasteiger partial charge in [-0.05, 0) is 28.8 Å². The minimum absolute atomic E-state index is 0.0323. The third-order valence-corrected chi connectivity index (χ3v) is 5.77. The number of nitrogens with zero attached hydrogens (tertiary/aromatic N) is 5. The number of isocyanates is 1. The fourth-order valence-corrected chi connectivity index (χ4v) is 4.51. The largest absolute Gasteiger partial charge is 0.263 e. The van der Waals surface area contributed by atoms with Crippen molar-refractivity contribution in [2.75, 3.05) is 13.1 Å². The molecule has 2 rings (SSSR count). The van der Waals surface area contributed by atoms with Gasteiger partial charge in [-0.2, -0.15) is 4.31 Å². The van der Waals surface area contributed by atoms with Crippen molar-refractivity contribution in [2.24, 2.45) is 12.0 Å². The van der Waals surface area contributed by atoms with E-state index < -0.39 is 10.0 Å². The van der Waals surface area contributed by atoms with Crippen LogP contribution in [0.2, 0.25) is 0 Å². The van der Waals surface area contributed by atoms with Crippen molar-refractivity contribution in [1.82, 2.24) is 19.3 Å². The maximum Gasteiger partial charge on any atom is 0.263 e. The number of hydrogen-bond acceptors (Lipinski definition) is 6. The van der Waals surface area contributed by atoms with Gasteiger partial charge in [0.2, 0.25) is 11.1 Å². The molecule has 1 saturated heterocycles. The zero-order valence-corrected chi connectivity index (χ0v) is 12.6. The molecule has 8 nitrogen and oxygen atoms in total. The molecule has 10 heteroatoms. The molecule has 2 heterocycles. The van der Waals surface area contributed by atoms with Crippen LogP contribution in [0.5, 0.6) is 0 Å². The molecule has 0 unspecified atom stereocenters. The minimum atomic E-state index is -3.63. The number of carbonyl (C=O) groups excluding carboxylic acids is 1. The monoisotopic (exact) mass is 349 g/mol. The third-order valence-electron chi connectivity index (χ3n) is 2.98. The van der Waals surface area contributed by atoms with Crippen molar-refractivity contribution < 1.29 is 13.2 Å². The van der Waals surface area contributed by atoms with E-state index in [9.17, 15) is 13.2 Å². The van der Waals surface area contributed by atoms with Gasteiger partial charge >= 0.3 is 0 Å². The molecular formula is C9H12BrN5O3S. The lowest BCUT2D eigenvalue weighted by molar-refractivity contribution is 0.318. The number of hydrogen-bond donors (Lipinski definition) is 0. The molecule has 0 N–H and O–H groups in total. The average Bonchev–Trinajstić information content (AvgIpc) is 2.70. The van der Waals surface area contributed by atoms with Crippen molar-refractivity contribution in [3.8, 4) is 0 Å². The normalized spacial score (nSPS) is 18.2. The standard InChI is InChI=1S/C9H12BrN5O3S/c1-14-9(8(10)12-13-14)19(17,18)15-4-2-7(3-5-15)11-6-16/h7H,2-5H2,1H3. The predicted octanol–water partition coefficient (Wildman–Crippen LogP) is 0.0665. The molecule has 1 aliphatic rings. The van der Waals surface area contributed by atoms with Crippen LogP contribution in [0.15, 0.2) is 14.6 Å². The molecule has 0 spiro atoms. The quantitative estimate of drug-likeness (QED) is 0.567. The van der Waals surface area contributed by atoms with Crippen LogP contribution >= 0.6 is 15.9 Å². The van der Waals surface area contributed by atoms with Crippen LogP contribution in [0.4, 0.5) is 0 Å². The Labute approximate surface area is 118 Å². The third kappa shape index (κ3) is 2.76. The van der Waals surface area contributed by atoms with Gasteiger partial charge in [-0.25, -0.2) is 22.9 Å². The van der Waals surface area contributed by atoms with Gasteiger partial charge in [0, 0.05) is 20.1 Å². The number of piperidine rings is 1. The Hall–Kier alpha value is -1.09. The second-order valence-electron chi connectivity index (χ2n) is 4.16. The molecule has 0 saturated carbocycles. The van der Waals surface area contributed by atoms with Crippen molar-refractivity contribution >= 4 is 32.0 Å². The fraction of sp³-hybridized carbons (Fsp3) is 0.667. The SMILES string of the molecule is Cn1nnc(Br)c1S(=O)(=O)N1CCC(N=C=O)CC1. The van der Waals surface area contributed by atoms with E-state index >= 15 is 0 Å². The highest BCUT2D eigenvalue weighted by molar-refractivity contribution is 9.10. The van der Waals surface area contributed by atoms with Crippen LogP contribution in [0.1, 0.15) is 12.8 Å².